The Kier molecular flexibility index (Phi) is 4.30. The average molecular weight is 350 g/mol. The van der Waals surface area contributed by atoms with Gasteiger partial charge >= 0.3 is 0 Å². The molecule has 7 heteroatoms. The topological polar surface area (TPSA) is 91.1 Å². The van der Waals surface area contributed by atoms with Crippen molar-refractivity contribution in [1.29, 1.82) is 0 Å². The van der Waals surface area contributed by atoms with Gasteiger partial charge in [0.1, 0.15) is 5.82 Å². The molecule has 1 fully saturated rings. The van der Waals surface area contributed by atoms with Crippen molar-refractivity contribution in [3.8, 4) is 0 Å². The first-order valence-corrected chi connectivity index (χ1v) is 8.76. The first-order valence-electron chi connectivity index (χ1n) is 8.76. The summed E-state index contributed by atoms with van der Waals surface area (Å²) < 4.78 is 0. The zero-order valence-electron chi connectivity index (χ0n) is 14.8. The van der Waals surface area contributed by atoms with Crippen molar-refractivity contribution in [1.82, 2.24) is 19.9 Å². The molecule has 0 aliphatic carbocycles. The van der Waals surface area contributed by atoms with Crippen LogP contribution < -0.4 is 16.2 Å². The molecular formula is C19H22N6O. The number of anilines is 2. The second kappa shape index (κ2) is 6.76. The van der Waals surface area contributed by atoms with Gasteiger partial charge in [0.05, 0.1) is 22.9 Å². The van der Waals surface area contributed by atoms with Crippen LogP contribution >= 0.6 is 0 Å². The zero-order valence-corrected chi connectivity index (χ0v) is 14.8. The van der Waals surface area contributed by atoms with Gasteiger partial charge in [-0.2, -0.15) is 0 Å². The normalized spacial score (nSPS) is 15.5. The maximum Gasteiger partial charge on any atom is 0.251 e. The number of piperazine rings is 1. The van der Waals surface area contributed by atoms with E-state index >= 15 is 0 Å². The van der Waals surface area contributed by atoms with Crippen LogP contribution in [0.2, 0.25) is 0 Å². The molecule has 7 nitrogen and oxygen atoms in total. The summed E-state index contributed by atoms with van der Waals surface area (Å²) in [6.45, 7) is 6.37. The molecule has 0 amide bonds. The highest BCUT2D eigenvalue weighted by Gasteiger charge is 2.18. The van der Waals surface area contributed by atoms with E-state index in [1.807, 2.05) is 30.5 Å². The minimum Gasteiger partial charge on any atom is -0.397 e. The molecule has 3 N–H and O–H groups in total. The fourth-order valence-electron chi connectivity index (χ4n) is 3.29. The number of nitrogen functional groups attached to an aromatic ring is 1. The van der Waals surface area contributed by atoms with Crippen LogP contribution in [-0.4, -0.2) is 46.0 Å². The van der Waals surface area contributed by atoms with E-state index in [4.69, 9.17) is 5.73 Å². The smallest absolute Gasteiger partial charge is 0.251 e. The highest BCUT2D eigenvalue weighted by Crippen LogP contribution is 2.17. The molecule has 0 aromatic carbocycles. The first kappa shape index (κ1) is 16.5. The van der Waals surface area contributed by atoms with Crippen LogP contribution in [0.15, 0.2) is 41.5 Å². The van der Waals surface area contributed by atoms with Crippen LogP contribution in [0.25, 0.3) is 11.0 Å². The summed E-state index contributed by atoms with van der Waals surface area (Å²) in [5, 5.41) is 0. The average Bonchev–Trinajstić information content (AvgIpc) is 2.64. The zero-order chi connectivity index (χ0) is 18.1. The lowest BCUT2D eigenvalue weighted by molar-refractivity contribution is 0.249. The fourth-order valence-corrected chi connectivity index (χ4v) is 3.29. The molecule has 0 saturated carbocycles. The van der Waals surface area contributed by atoms with Crippen molar-refractivity contribution in [3.05, 3.63) is 58.1 Å². The molecule has 0 atom stereocenters. The maximum atomic E-state index is 11.8. The van der Waals surface area contributed by atoms with Gasteiger partial charge in [-0.15, -0.1) is 0 Å². The molecule has 134 valence electrons. The van der Waals surface area contributed by atoms with Gasteiger partial charge in [-0.1, -0.05) is 0 Å². The van der Waals surface area contributed by atoms with E-state index < -0.39 is 0 Å². The van der Waals surface area contributed by atoms with Gasteiger partial charge in [-0.05, 0) is 36.8 Å². The molecule has 1 aliphatic heterocycles. The Morgan fingerprint density at radius 2 is 1.92 bits per heavy atom. The molecule has 4 rings (SSSR count). The molecule has 3 aromatic rings. The molecule has 0 unspecified atom stereocenters. The number of aromatic amines is 1. The van der Waals surface area contributed by atoms with E-state index in [0.29, 0.717) is 11.3 Å². The van der Waals surface area contributed by atoms with Crippen LogP contribution in [-0.2, 0) is 6.54 Å². The van der Waals surface area contributed by atoms with Crippen LogP contribution in [0.1, 0.15) is 11.1 Å². The molecule has 4 heterocycles. The number of aromatic nitrogens is 3. The molecule has 0 spiro atoms. The van der Waals surface area contributed by atoms with Gasteiger partial charge < -0.3 is 15.6 Å². The first-order chi connectivity index (χ1) is 12.6. The van der Waals surface area contributed by atoms with Crippen molar-refractivity contribution in [3.63, 3.8) is 0 Å². The van der Waals surface area contributed by atoms with Gasteiger partial charge in [0.2, 0.25) is 0 Å². The molecular weight excluding hydrogens is 328 g/mol. The highest BCUT2D eigenvalue weighted by molar-refractivity contribution is 5.74. The van der Waals surface area contributed by atoms with Gasteiger partial charge in [-0.25, -0.2) is 4.98 Å². The van der Waals surface area contributed by atoms with Crippen molar-refractivity contribution >= 4 is 22.5 Å². The Balaban J connectivity index is 1.42. The summed E-state index contributed by atoms with van der Waals surface area (Å²) in [6.07, 6.45) is 3.60. The Bertz CT molecular complexity index is 973. The Labute approximate surface area is 151 Å². The predicted molar refractivity (Wildman–Crippen MR) is 103 cm³/mol. The number of rotatable bonds is 3. The van der Waals surface area contributed by atoms with Gasteiger partial charge in [0, 0.05) is 44.5 Å². The Morgan fingerprint density at radius 1 is 1.12 bits per heavy atom. The number of nitrogens with two attached hydrogens (primary N) is 1. The lowest BCUT2D eigenvalue weighted by Gasteiger charge is -2.35. The number of nitrogens with zero attached hydrogens (tertiary/aromatic N) is 4. The second-order valence-electron chi connectivity index (χ2n) is 6.77. The molecule has 26 heavy (non-hydrogen) atoms. The third kappa shape index (κ3) is 3.39. The minimum atomic E-state index is -0.0546. The molecule has 0 radical (unpaired) electrons. The lowest BCUT2D eigenvalue weighted by atomic mass is 10.2. The Hall–Kier alpha value is -2.93. The van der Waals surface area contributed by atoms with E-state index in [9.17, 15) is 4.79 Å². The van der Waals surface area contributed by atoms with Crippen LogP contribution in [0, 0.1) is 6.92 Å². The van der Waals surface area contributed by atoms with Gasteiger partial charge in [0.25, 0.3) is 5.56 Å². The number of nitrogens with one attached hydrogen (secondary N) is 1. The van der Waals surface area contributed by atoms with Crippen molar-refractivity contribution in [2.45, 2.75) is 13.5 Å². The van der Waals surface area contributed by atoms with Crippen molar-refractivity contribution in [2.75, 3.05) is 36.8 Å². The highest BCUT2D eigenvalue weighted by atomic mass is 16.1. The minimum absolute atomic E-state index is 0.0546. The molecule has 1 saturated heterocycles. The molecule has 3 aromatic heterocycles. The Morgan fingerprint density at radius 3 is 2.65 bits per heavy atom. The van der Waals surface area contributed by atoms with E-state index in [0.717, 1.165) is 55.1 Å². The fraction of sp³-hybridized carbons (Fsp3) is 0.316. The van der Waals surface area contributed by atoms with Crippen molar-refractivity contribution < 1.29 is 0 Å². The van der Waals surface area contributed by atoms with Crippen LogP contribution in [0.3, 0.4) is 0 Å². The predicted octanol–water partition coefficient (Wildman–Crippen LogP) is 1.53. The molecule has 0 bridgehead atoms. The van der Waals surface area contributed by atoms with Crippen molar-refractivity contribution in [2.24, 2.45) is 0 Å². The van der Waals surface area contributed by atoms with Gasteiger partial charge in [-0.3, -0.25) is 14.7 Å². The van der Waals surface area contributed by atoms with E-state index in [1.165, 1.54) is 0 Å². The number of hydrogen-bond acceptors (Lipinski definition) is 6. The summed E-state index contributed by atoms with van der Waals surface area (Å²) in [4.78, 5) is 28.3. The maximum absolute atomic E-state index is 11.8. The number of aryl methyl sites for hydroxylation is 1. The summed E-state index contributed by atoms with van der Waals surface area (Å²) in [5.41, 5.74) is 9.75. The summed E-state index contributed by atoms with van der Waals surface area (Å²) in [6, 6.07) is 7.71. The second-order valence-corrected chi connectivity index (χ2v) is 6.77. The summed E-state index contributed by atoms with van der Waals surface area (Å²) >= 11 is 0. The van der Waals surface area contributed by atoms with E-state index in [-0.39, 0.29) is 5.56 Å². The van der Waals surface area contributed by atoms with E-state index in [1.54, 1.807) is 13.1 Å². The van der Waals surface area contributed by atoms with Gasteiger partial charge in [0.15, 0.2) is 0 Å². The quantitative estimate of drug-likeness (QED) is 0.744. The summed E-state index contributed by atoms with van der Waals surface area (Å²) in [5.74, 6) is 0.971. The number of H-pyrrole nitrogens is 1. The third-order valence-corrected chi connectivity index (χ3v) is 4.81. The summed E-state index contributed by atoms with van der Waals surface area (Å²) in [7, 11) is 0. The number of fused-ring (bicyclic) bond motifs is 1. The lowest BCUT2D eigenvalue weighted by Crippen LogP contribution is -2.46. The number of pyridine rings is 3. The van der Waals surface area contributed by atoms with E-state index in [2.05, 4.69) is 24.8 Å². The standard InChI is InChI=1S/C19H22N6O/c1-13-8-16-17(23-19(13)26)9-14(10-21-16)12-24-4-6-25(7-5-24)18-3-2-15(20)11-22-18/h2-3,8-11H,4-7,12,20H2,1H3,(H,23,26). The number of hydrogen-bond donors (Lipinski definition) is 2. The third-order valence-electron chi connectivity index (χ3n) is 4.81. The van der Waals surface area contributed by atoms with Crippen LogP contribution in [0.5, 0.6) is 0 Å². The SMILES string of the molecule is Cc1cc2ncc(CN3CCN(c4ccc(N)cn4)CC3)cc2[nH]c1=O. The molecule has 1 aliphatic rings. The largest absolute Gasteiger partial charge is 0.397 e. The monoisotopic (exact) mass is 350 g/mol. The van der Waals surface area contributed by atoms with Crippen LogP contribution in [0.4, 0.5) is 11.5 Å².